The van der Waals surface area contributed by atoms with Gasteiger partial charge in [-0.2, -0.15) is 4.98 Å². The third kappa shape index (κ3) is 2.81. The molecule has 0 bridgehead atoms. The van der Waals surface area contributed by atoms with Gasteiger partial charge in [-0.25, -0.2) is 14.5 Å². The van der Waals surface area contributed by atoms with Gasteiger partial charge in [0.2, 0.25) is 5.82 Å². The number of hydrogen-bond acceptors (Lipinski definition) is 6. The van der Waals surface area contributed by atoms with E-state index in [0.29, 0.717) is 5.78 Å². The molecule has 0 aliphatic rings. The van der Waals surface area contributed by atoms with E-state index in [4.69, 9.17) is 0 Å². The van der Waals surface area contributed by atoms with Crippen molar-refractivity contribution in [2.75, 3.05) is 0 Å². The molecule has 7 nitrogen and oxygen atoms in total. The Hall–Kier alpha value is -2.35. The number of fused-ring (bicyclic) bond motifs is 1. The van der Waals surface area contributed by atoms with Crippen LogP contribution in [0.3, 0.4) is 0 Å². The van der Waals surface area contributed by atoms with Crippen LogP contribution in [0.2, 0.25) is 0 Å². The Morgan fingerprint density at radius 1 is 1.39 bits per heavy atom. The number of amides is 1. The summed E-state index contributed by atoms with van der Waals surface area (Å²) in [5.41, 5.74) is 1.27. The van der Waals surface area contributed by atoms with E-state index in [1.54, 1.807) is 22.0 Å². The highest BCUT2D eigenvalue weighted by atomic mass is 32.1. The zero-order chi connectivity index (χ0) is 16.6. The third-order valence-electron chi connectivity index (χ3n) is 3.82. The molecule has 120 valence electrons. The number of aryl methyl sites for hydroxylation is 2. The number of rotatable bonds is 4. The van der Waals surface area contributed by atoms with E-state index in [2.05, 4.69) is 25.4 Å². The van der Waals surface area contributed by atoms with Crippen molar-refractivity contribution in [1.82, 2.24) is 29.9 Å². The van der Waals surface area contributed by atoms with Crippen molar-refractivity contribution in [3.05, 3.63) is 39.9 Å². The Kier molecular flexibility index (Phi) is 3.85. The maximum absolute atomic E-state index is 12.6. The SMILES string of the molecule is CCC(C)(NC(=O)c1nc2nccc(C)n2n1)c1nc(C)cs1. The maximum Gasteiger partial charge on any atom is 0.291 e. The molecular weight excluding hydrogens is 312 g/mol. The smallest absolute Gasteiger partial charge is 0.291 e. The highest BCUT2D eigenvalue weighted by molar-refractivity contribution is 7.09. The van der Waals surface area contributed by atoms with Crippen LogP contribution >= 0.6 is 11.3 Å². The molecule has 0 aliphatic carbocycles. The molecule has 8 heteroatoms. The summed E-state index contributed by atoms with van der Waals surface area (Å²) >= 11 is 1.54. The molecule has 1 unspecified atom stereocenters. The molecule has 3 rings (SSSR count). The van der Waals surface area contributed by atoms with Gasteiger partial charge in [0, 0.05) is 23.0 Å². The molecule has 0 aromatic carbocycles. The molecular formula is C15H18N6OS. The molecule has 0 saturated carbocycles. The van der Waals surface area contributed by atoms with Gasteiger partial charge in [0.05, 0.1) is 5.54 Å². The quantitative estimate of drug-likeness (QED) is 0.793. The predicted octanol–water partition coefficient (Wildman–Crippen LogP) is 2.25. The Morgan fingerprint density at radius 3 is 2.78 bits per heavy atom. The first-order valence-corrected chi connectivity index (χ1v) is 8.24. The lowest BCUT2D eigenvalue weighted by Crippen LogP contribution is -2.43. The first-order chi connectivity index (χ1) is 10.9. The van der Waals surface area contributed by atoms with E-state index in [1.165, 1.54) is 0 Å². The number of carbonyl (C=O) groups is 1. The Bertz CT molecular complexity index is 870. The summed E-state index contributed by atoms with van der Waals surface area (Å²) in [5, 5.41) is 10.1. The lowest BCUT2D eigenvalue weighted by atomic mass is 10.00. The van der Waals surface area contributed by atoms with Crippen LogP contribution in [0.15, 0.2) is 17.6 Å². The highest BCUT2D eigenvalue weighted by Crippen LogP contribution is 2.27. The molecule has 0 aliphatic heterocycles. The van der Waals surface area contributed by atoms with Crippen molar-refractivity contribution in [2.45, 2.75) is 39.7 Å². The summed E-state index contributed by atoms with van der Waals surface area (Å²) in [6.07, 6.45) is 2.37. The van der Waals surface area contributed by atoms with Gasteiger partial charge in [-0.3, -0.25) is 4.79 Å². The van der Waals surface area contributed by atoms with Crippen LogP contribution in [-0.4, -0.2) is 30.5 Å². The third-order valence-corrected chi connectivity index (χ3v) is 5.04. The topological polar surface area (TPSA) is 85.1 Å². The number of hydrogen-bond donors (Lipinski definition) is 1. The van der Waals surface area contributed by atoms with Crippen LogP contribution in [-0.2, 0) is 5.54 Å². The fourth-order valence-corrected chi connectivity index (χ4v) is 3.20. The molecule has 0 radical (unpaired) electrons. The Morgan fingerprint density at radius 2 is 2.17 bits per heavy atom. The predicted molar refractivity (Wildman–Crippen MR) is 87.5 cm³/mol. The lowest BCUT2D eigenvalue weighted by molar-refractivity contribution is 0.0891. The highest BCUT2D eigenvalue weighted by Gasteiger charge is 2.31. The summed E-state index contributed by atoms with van der Waals surface area (Å²) in [6.45, 7) is 7.80. The zero-order valence-electron chi connectivity index (χ0n) is 13.5. The van der Waals surface area contributed by atoms with Crippen LogP contribution < -0.4 is 5.32 Å². The monoisotopic (exact) mass is 330 g/mol. The molecule has 1 atom stereocenters. The molecule has 0 saturated heterocycles. The van der Waals surface area contributed by atoms with Crippen molar-refractivity contribution in [2.24, 2.45) is 0 Å². The number of thiazole rings is 1. The van der Waals surface area contributed by atoms with Crippen LogP contribution in [0.4, 0.5) is 0 Å². The van der Waals surface area contributed by atoms with E-state index in [1.807, 2.05) is 39.1 Å². The van der Waals surface area contributed by atoms with Crippen molar-refractivity contribution in [1.29, 1.82) is 0 Å². The van der Waals surface area contributed by atoms with Crippen LogP contribution in [0.1, 0.15) is 47.3 Å². The molecule has 0 fully saturated rings. The maximum atomic E-state index is 12.6. The summed E-state index contributed by atoms with van der Waals surface area (Å²) in [4.78, 5) is 25.4. The van der Waals surface area contributed by atoms with E-state index in [-0.39, 0.29) is 11.7 Å². The zero-order valence-corrected chi connectivity index (χ0v) is 14.3. The van der Waals surface area contributed by atoms with Gasteiger partial charge in [0.25, 0.3) is 11.7 Å². The van der Waals surface area contributed by atoms with Gasteiger partial charge >= 0.3 is 0 Å². The fraction of sp³-hybridized carbons (Fsp3) is 0.400. The molecule has 3 heterocycles. The average Bonchev–Trinajstić information content (AvgIpc) is 3.14. The summed E-state index contributed by atoms with van der Waals surface area (Å²) in [5.74, 6) is 0.199. The van der Waals surface area contributed by atoms with Gasteiger partial charge in [0.15, 0.2) is 0 Å². The molecule has 23 heavy (non-hydrogen) atoms. The van der Waals surface area contributed by atoms with Crippen molar-refractivity contribution in [3.8, 4) is 0 Å². The van der Waals surface area contributed by atoms with Gasteiger partial charge in [0.1, 0.15) is 5.01 Å². The second-order valence-corrected chi connectivity index (χ2v) is 6.53. The average molecular weight is 330 g/mol. The number of carbonyl (C=O) groups excluding carboxylic acids is 1. The normalized spacial score (nSPS) is 13.9. The van der Waals surface area contributed by atoms with Gasteiger partial charge in [-0.05, 0) is 33.3 Å². The van der Waals surface area contributed by atoms with E-state index in [9.17, 15) is 4.79 Å². The minimum absolute atomic E-state index is 0.111. The van der Waals surface area contributed by atoms with Gasteiger partial charge in [-0.15, -0.1) is 16.4 Å². The lowest BCUT2D eigenvalue weighted by Gasteiger charge is -2.26. The molecule has 3 aromatic rings. The van der Waals surface area contributed by atoms with Crippen LogP contribution in [0.5, 0.6) is 0 Å². The number of aromatic nitrogens is 5. The first kappa shape index (κ1) is 15.5. The Labute approximate surface area is 137 Å². The standard InChI is InChI=1S/C15H18N6OS/c1-5-15(4,13-17-9(2)8-23-13)19-12(22)11-18-14-16-7-6-10(3)21(14)20-11/h6-8H,5H2,1-4H3,(H,19,22). The summed E-state index contributed by atoms with van der Waals surface area (Å²) in [7, 11) is 0. The second kappa shape index (κ2) is 5.69. The van der Waals surface area contributed by atoms with E-state index < -0.39 is 5.54 Å². The molecule has 1 amide bonds. The minimum atomic E-state index is -0.546. The minimum Gasteiger partial charge on any atom is -0.338 e. The van der Waals surface area contributed by atoms with Crippen LogP contribution in [0, 0.1) is 13.8 Å². The largest absolute Gasteiger partial charge is 0.338 e. The summed E-state index contributed by atoms with van der Waals surface area (Å²) < 4.78 is 1.56. The fourth-order valence-electron chi connectivity index (χ4n) is 2.21. The molecule has 1 N–H and O–H groups in total. The van der Waals surface area contributed by atoms with Crippen molar-refractivity contribution >= 4 is 23.0 Å². The number of nitrogens with zero attached hydrogens (tertiary/aromatic N) is 5. The van der Waals surface area contributed by atoms with E-state index in [0.717, 1.165) is 22.8 Å². The second-order valence-electron chi connectivity index (χ2n) is 5.67. The molecule has 3 aromatic heterocycles. The van der Waals surface area contributed by atoms with E-state index >= 15 is 0 Å². The summed E-state index contributed by atoms with van der Waals surface area (Å²) in [6, 6.07) is 1.82. The van der Waals surface area contributed by atoms with Crippen molar-refractivity contribution < 1.29 is 4.79 Å². The van der Waals surface area contributed by atoms with Crippen LogP contribution in [0.25, 0.3) is 5.78 Å². The van der Waals surface area contributed by atoms with Crippen molar-refractivity contribution in [3.63, 3.8) is 0 Å². The van der Waals surface area contributed by atoms with Gasteiger partial charge in [-0.1, -0.05) is 6.92 Å². The molecule has 0 spiro atoms. The van der Waals surface area contributed by atoms with Gasteiger partial charge < -0.3 is 5.32 Å². The Balaban J connectivity index is 1.91. The first-order valence-electron chi connectivity index (χ1n) is 7.36. The number of nitrogens with one attached hydrogen (secondary N) is 1.